The maximum atomic E-state index is 12.1. The third-order valence-electron chi connectivity index (χ3n) is 2.40. The number of hydrogen-bond donors (Lipinski definition) is 0. The lowest BCUT2D eigenvalue weighted by Crippen LogP contribution is -2.02. The van der Waals surface area contributed by atoms with E-state index >= 15 is 0 Å². The van der Waals surface area contributed by atoms with Crippen molar-refractivity contribution in [3.63, 3.8) is 0 Å². The van der Waals surface area contributed by atoms with Crippen molar-refractivity contribution in [2.45, 2.75) is 13.3 Å². The molecular formula is C13H12O3S2. The van der Waals surface area contributed by atoms with Crippen LogP contribution in [0.15, 0.2) is 24.3 Å². The predicted molar refractivity (Wildman–Crippen MR) is 72.5 cm³/mol. The largest absolute Gasteiger partial charge is 0.469 e. The van der Waals surface area contributed by atoms with Gasteiger partial charge in [0.05, 0.1) is 23.3 Å². The molecule has 2 aromatic rings. The smallest absolute Gasteiger partial charge is 0.310 e. The molecule has 94 valence electrons. The average molecular weight is 280 g/mol. The lowest BCUT2D eigenvalue weighted by atomic mass is 10.2. The first-order valence-corrected chi connectivity index (χ1v) is 7.00. The summed E-state index contributed by atoms with van der Waals surface area (Å²) in [5.41, 5.74) is 0. The highest BCUT2D eigenvalue weighted by atomic mass is 32.1. The molecule has 0 aliphatic carbocycles. The van der Waals surface area contributed by atoms with Gasteiger partial charge in [0.15, 0.2) is 0 Å². The first-order chi connectivity index (χ1) is 8.60. The molecule has 0 bridgehead atoms. The van der Waals surface area contributed by atoms with Gasteiger partial charge in [-0.3, -0.25) is 9.59 Å². The fourth-order valence-corrected chi connectivity index (χ4v) is 3.32. The molecule has 2 rings (SSSR count). The van der Waals surface area contributed by atoms with Gasteiger partial charge in [-0.1, -0.05) is 0 Å². The summed E-state index contributed by atoms with van der Waals surface area (Å²) in [6.45, 7) is 1.97. The van der Waals surface area contributed by atoms with E-state index < -0.39 is 0 Å². The van der Waals surface area contributed by atoms with Crippen molar-refractivity contribution in [3.8, 4) is 0 Å². The molecule has 0 spiro atoms. The molecule has 2 aromatic heterocycles. The zero-order valence-corrected chi connectivity index (χ0v) is 11.7. The van der Waals surface area contributed by atoms with E-state index in [1.54, 1.807) is 12.1 Å². The average Bonchev–Trinajstić information content (AvgIpc) is 2.97. The number of rotatable bonds is 4. The van der Waals surface area contributed by atoms with E-state index in [2.05, 4.69) is 4.74 Å². The Hall–Kier alpha value is -1.46. The second-order valence-corrected chi connectivity index (χ2v) is 6.21. The fourth-order valence-electron chi connectivity index (χ4n) is 1.49. The van der Waals surface area contributed by atoms with Gasteiger partial charge >= 0.3 is 5.97 Å². The van der Waals surface area contributed by atoms with Crippen LogP contribution in [0.2, 0.25) is 0 Å². The molecule has 0 aromatic carbocycles. The highest BCUT2D eigenvalue weighted by Crippen LogP contribution is 2.24. The molecule has 0 amide bonds. The minimum Gasteiger partial charge on any atom is -0.469 e. The number of carbonyl (C=O) groups is 2. The zero-order chi connectivity index (χ0) is 13.1. The number of thiophene rings is 2. The predicted octanol–water partition coefficient (Wildman–Crippen LogP) is 3.06. The molecule has 0 saturated heterocycles. The Bertz CT molecular complexity index is 581. The van der Waals surface area contributed by atoms with Gasteiger partial charge in [-0.2, -0.15) is 0 Å². The van der Waals surface area contributed by atoms with Crippen LogP contribution >= 0.6 is 22.7 Å². The minimum atomic E-state index is -0.289. The van der Waals surface area contributed by atoms with E-state index in [0.717, 1.165) is 14.6 Å². The van der Waals surface area contributed by atoms with Gasteiger partial charge in [0.1, 0.15) is 0 Å². The van der Waals surface area contributed by atoms with Gasteiger partial charge in [-0.15, -0.1) is 22.7 Å². The summed E-state index contributed by atoms with van der Waals surface area (Å²) < 4.78 is 4.60. The Morgan fingerprint density at radius 2 is 1.78 bits per heavy atom. The van der Waals surface area contributed by atoms with Crippen molar-refractivity contribution in [1.29, 1.82) is 0 Å². The maximum absolute atomic E-state index is 12.1. The van der Waals surface area contributed by atoms with Crippen LogP contribution in [0, 0.1) is 6.92 Å². The Morgan fingerprint density at radius 1 is 1.11 bits per heavy atom. The quantitative estimate of drug-likeness (QED) is 0.638. The summed E-state index contributed by atoms with van der Waals surface area (Å²) in [5.74, 6) is -0.267. The topological polar surface area (TPSA) is 43.4 Å². The normalized spacial score (nSPS) is 10.3. The molecule has 3 nitrogen and oxygen atoms in total. The van der Waals surface area contributed by atoms with Gasteiger partial charge in [-0.25, -0.2) is 0 Å². The molecule has 0 aliphatic heterocycles. The summed E-state index contributed by atoms with van der Waals surface area (Å²) in [6, 6.07) is 7.33. The SMILES string of the molecule is COC(=O)Cc1ccc(C(=O)c2ccc(C)s2)s1. The summed E-state index contributed by atoms with van der Waals surface area (Å²) in [4.78, 5) is 26.6. The summed E-state index contributed by atoms with van der Waals surface area (Å²) in [7, 11) is 1.36. The molecule has 0 aliphatic rings. The maximum Gasteiger partial charge on any atom is 0.310 e. The Balaban J connectivity index is 2.15. The first kappa shape index (κ1) is 13.0. The van der Waals surface area contributed by atoms with Crippen LogP contribution in [0.5, 0.6) is 0 Å². The Morgan fingerprint density at radius 3 is 2.39 bits per heavy atom. The monoisotopic (exact) mass is 280 g/mol. The van der Waals surface area contributed by atoms with Crippen molar-refractivity contribution in [2.24, 2.45) is 0 Å². The molecule has 0 radical (unpaired) electrons. The third kappa shape index (κ3) is 2.86. The van der Waals surface area contributed by atoms with Crippen LogP contribution < -0.4 is 0 Å². The summed E-state index contributed by atoms with van der Waals surface area (Å²) in [5, 5.41) is 0. The van der Waals surface area contributed by atoms with Crippen LogP contribution in [-0.2, 0) is 16.0 Å². The summed E-state index contributed by atoms with van der Waals surface area (Å²) >= 11 is 2.83. The molecule has 0 saturated carbocycles. The van der Waals surface area contributed by atoms with Crippen LogP contribution in [0.25, 0.3) is 0 Å². The van der Waals surface area contributed by atoms with Crippen LogP contribution in [0.1, 0.15) is 24.3 Å². The number of hydrogen-bond acceptors (Lipinski definition) is 5. The van der Waals surface area contributed by atoms with Crippen LogP contribution in [0.4, 0.5) is 0 Å². The van der Waals surface area contributed by atoms with E-state index in [4.69, 9.17) is 0 Å². The molecular weight excluding hydrogens is 268 g/mol. The fraction of sp³-hybridized carbons (Fsp3) is 0.231. The zero-order valence-electron chi connectivity index (χ0n) is 10.1. The number of esters is 1. The Kier molecular flexibility index (Phi) is 3.93. The van der Waals surface area contributed by atoms with Crippen molar-refractivity contribution in [2.75, 3.05) is 7.11 Å². The van der Waals surface area contributed by atoms with E-state index in [-0.39, 0.29) is 18.2 Å². The van der Waals surface area contributed by atoms with Gasteiger partial charge in [-0.05, 0) is 31.2 Å². The number of aryl methyl sites for hydroxylation is 1. The van der Waals surface area contributed by atoms with Gasteiger partial charge < -0.3 is 4.74 Å². The minimum absolute atomic E-state index is 0.0224. The molecule has 0 N–H and O–H groups in total. The molecule has 0 fully saturated rings. The van der Waals surface area contributed by atoms with E-state index in [9.17, 15) is 9.59 Å². The second kappa shape index (κ2) is 5.46. The van der Waals surface area contributed by atoms with Crippen molar-refractivity contribution < 1.29 is 14.3 Å². The van der Waals surface area contributed by atoms with Gasteiger partial charge in [0.25, 0.3) is 0 Å². The highest BCUT2D eigenvalue weighted by Gasteiger charge is 2.14. The second-order valence-electron chi connectivity index (χ2n) is 3.76. The Labute approximate surface area is 113 Å². The standard InChI is InChI=1S/C13H12O3S2/c1-8-3-5-10(17-8)13(15)11-6-4-9(18-11)7-12(14)16-2/h3-6H,7H2,1-2H3. The van der Waals surface area contributed by atoms with Crippen molar-refractivity contribution >= 4 is 34.4 Å². The molecule has 18 heavy (non-hydrogen) atoms. The van der Waals surface area contributed by atoms with Crippen LogP contribution in [0.3, 0.4) is 0 Å². The lowest BCUT2D eigenvalue weighted by molar-refractivity contribution is -0.139. The number of methoxy groups -OCH3 is 1. The van der Waals surface area contributed by atoms with Crippen LogP contribution in [-0.4, -0.2) is 18.9 Å². The lowest BCUT2D eigenvalue weighted by Gasteiger charge is -1.95. The van der Waals surface area contributed by atoms with Crippen molar-refractivity contribution in [1.82, 2.24) is 0 Å². The number of carbonyl (C=O) groups excluding carboxylic acids is 2. The molecule has 2 heterocycles. The van der Waals surface area contributed by atoms with E-state index in [0.29, 0.717) is 4.88 Å². The third-order valence-corrected chi connectivity index (χ3v) is 4.48. The molecule has 0 atom stereocenters. The molecule has 5 heteroatoms. The number of ketones is 1. The van der Waals surface area contributed by atoms with Gasteiger partial charge in [0.2, 0.25) is 5.78 Å². The summed E-state index contributed by atoms with van der Waals surface area (Å²) in [6.07, 6.45) is 0.220. The van der Waals surface area contributed by atoms with Gasteiger partial charge in [0, 0.05) is 9.75 Å². The molecule has 0 unspecified atom stereocenters. The van der Waals surface area contributed by atoms with E-state index in [1.165, 1.54) is 29.8 Å². The van der Waals surface area contributed by atoms with Crippen molar-refractivity contribution in [3.05, 3.63) is 43.8 Å². The number of ether oxygens (including phenoxy) is 1. The first-order valence-electron chi connectivity index (χ1n) is 5.37. The van der Waals surface area contributed by atoms with E-state index in [1.807, 2.05) is 19.1 Å². The highest BCUT2D eigenvalue weighted by molar-refractivity contribution is 7.17.